The Bertz CT molecular complexity index is 1080. The summed E-state index contributed by atoms with van der Waals surface area (Å²) in [6.07, 6.45) is 0. The minimum atomic E-state index is -1.30. The second-order valence-electron chi connectivity index (χ2n) is 6.67. The van der Waals surface area contributed by atoms with Gasteiger partial charge in [-0.25, -0.2) is 19.5 Å². The van der Waals surface area contributed by atoms with Crippen molar-refractivity contribution in [2.75, 3.05) is 7.11 Å². The summed E-state index contributed by atoms with van der Waals surface area (Å²) < 4.78 is 5.26. The summed E-state index contributed by atoms with van der Waals surface area (Å²) in [7, 11) is 1.31. The number of nitrogens with one attached hydrogen (secondary N) is 1. The Kier molecular flexibility index (Phi) is 6.29. The molecule has 1 atom stereocenters. The van der Waals surface area contributed by atoms with E-state index >= 15 is 0 Å². The summed E-state index contributed by atoms with van der Waals surface area (Å²) in [5, 5.41) is 23.8. The molecular formula is C21H20N4O6. The Hall–Kier alpha value is -4.21. The first-order valence-electron chi connectivity index (χ1n) is 9.25. The van der Waals surface area contributed by atoms with Crippen LogP contribution in [0.1, 0.15) is 24.1 Å². The highest BCUT2D eigenvalue weighted by Crippen LogP contribution is 2.36. The lowest BCUT2D eigenvalue weighted by Crippen LogP contribution is -2.49. The molecule has 0 bridgehead atoms. The molecule has 31 heavy (non-hydrogen) atoms. The number of nitro benzene ring substituents is 1. The second-order valence-corrected chi connectivity index (χ2v) is 6.67. The van der Waals surface area contributed by atoms with E-state index in [2.05, 4.69) is 10.3 Å². The number of allylic oxidation sites excluding steroid dienone is 1. The monoisotopic (exact) mass is 424 g/mol. The number of carboxylic acid groups (broad SMARTS) is 1. The van der Waals surface area contributed by atoms with Crippen molar-refractivity contribution in [1.29, 1.82) is 0 Å². The summed E-state index contributed by atoms with van der Waals surface area (Å²) >= 11 is 0. The molecule has 0 aliphatic carbocycles. The number of non-ortho nitro benzene ring substituents is 1. The van der Waals surface area contributed by atoms with Crippen LogP contribution in [0.25, 0.3) is 0 Å². The average Bonchev–Trinajstić information content (AvgIpc) is 2.77. The summed E-state index contributed by atoms with van der Waals surface area (Å²) in [5.74, 6) is -1.30. The fourth-order valence-electron chi connectivity index (χ4n) is 3.30. The highest BCUT2D eigenvalue weighted by Gasteiger charge is 2.40. The number of urea groups is 1. The number of carbonyl (C=O) groups is 2. The third-order valence-electron chi connectivity index (χ3n) is 4.71. The second kappa shape index (κ2) is 9.08. The first-order valence-corrected chi connectivity index (χ1v) is 9.25. The molecule has 0 spiro atoms. The number of amides is 2. The van der Waals surface area contributed by atoms with Crippen LogP contribution >= 0.6 is 0 Å². The molecule has 0 fully saturated rings. The van der Waals surface area contributed by atoms with Crippen LogP contribution in [0.3, 0.4) is 0 Å². The van der Waals surface area contributed by atoms with Crippen LogP contribution in [0.15, 0.2) is 70.9 Å². The average molecular weight is 424 g/mol. The molecule has 1 heterocycles. The predicted molar refractivity (Wildman–Crippen MR) is 111 cm³/mol. The van der Waals surface area contributed by atoms with Crippen LogP contribution in [-0.2, 0) is 16.1 Å². The third kappa shape index (κ3) is 4.53. The third-order valence-corrected chi connectivity index (χ3v) is 4.71. The fraction of sp³-hybridized carbons (Fsp3) is 0.190. The van der Waals surface area contributed by atoms with Crippen LogP contribution in [0.2, 0.25) is 0 Å². The zero-order chi connectivity index (χ0) is 22.5. The van der Waals surface area contributed by atoms with E-state index in [0.717, 1.165) is 10.5 Å². The number of ether oxygens (including phenoxy) is 1. The van der Waals surface area contributed by atoms with Crippen LogP contribution in [0.5, 0.6) is 0 Å². The number of amidine groups is 1. The van der Waals surface area contributed by atoms with Gasteiger partial charge in [0.2, 0.25) is 0 Å². The van der Waals surface area contributed by atoms with Gasteiger partial charge in [0.25, 0.3) is 5.69 Å². The molecule has 2 aromatic carbocycles. The van der Waals surface area contributed by atoms with E-state index in [-0.39, 0.29) is 35.1 Å². The topological polar surface area (TPSA) is 134 Å². The number of carbonyl (C=O) groups excluding carboxylic acids is 1. The SMILES string of the molecule is COC1=NC(C)=C(C(=O)O)C(c2cccc([N+](=O)[O-])c2)N1C(=O)NCc1ccccc1. The number of hydrogen-bond donors (Lipinski definition) is 2. The van der Waals surface area contributed by atoms with Crippen LogP contribution in [-0.4, -0.2) is 40.1 Å². The molecule has 2 amide bonds. The van der Waals surface area contributed by atoms with Gasteiger partial charge in [-0.3, -0.25) is 10.1 Å². The van der Waals surface area contributed by atoms with Gasteiger partial charge in [-0.15, -0.1) is 0 Å². The maximum atomic E-state index is 13.1. The van der Waals surface area contributed by atoms with Gasteiger partial charge < -0.3 is 15.2 Å². The largest absolute Gasteiger partial charge is 0.478 e. The van der Waals surface area contributed by atoms with E-state index in [1.165, 1.54) is 38.3 Å². The van der Waals surface area contributed by atoms with E-state index in [4.69, 9.17) is 4.74 Å². The number of aliphatic imine (C=N–C) groups is 1. The minimum Gasteiger partial charge on any atom is -0.478 e. The van der Waals surface area contributed by atoms with E-state index in [0.29, 0.717) is 0 Å². The van der Waals surface area contributed by atoms with E-state index in [1.807, 2.05) is 30.3 Å². The minimum absolute atomic E-state index is 0.121. The van der Waals surface area contributed by atoms with Crippen molar-refractivity contribution in [3.8, 4) is 0 Å². The van der Waals surface area contributed by atoms with Gasteiger partial charge >= 0.3 is 18.0 Å². The van der Waals surface area contributed by atoms with Crippen molar-refractivity contribution >= 4 is 23.7 Å². The van der Waals surface area contributed by atoms with Gasteiger partial charge in [-0.2, -0.15) is 0 Å². The maximum Gasteiger partial charge on any atom is 0.335 e. The summed E-state index contributed by atoms with van der Waals surface area (Å²) in [6.45, 7) is 1.66. The standard InChI is InChI=1S/C21H20N4O6/c1-13-17(19(26)27)18(15-9-6-10-16(11-15)25(29)30)24(21(23-13)31-2)20(28)22-12-14-7-4-3-5-8-14/h3-11,18H,12H2,1-2H3,(H,22,28)(H,26,27). The highest BCUT2D eigenvalue weighted by molar-refractivity contribution is 6.00. The Balaban J connectivity index is 2.05. The Morgan fingerprint density at radius 2 is 1.94 bits per heavy atom. The summed E-state index contributed by atoms with van der Waals surface area (Å²) in [5.41, 5.74) is 0.793. The van der Waals surface area contributed by atoms with Crippen LogP contribution in [0.4, 0.5) is 10.5 Å². The van der Waals surface area contributed by atoms with Crippen molar-refractivity contribution in [2.45, 2.75) is 19.5 Å². The van der Waals surface area contributed by atoms with Gasteiger partial charge in [-0.1, -0.05) is 42.5 Å². The quantitative estimate of drug-likeness (QED) is 0.559. The number of nitro groups is 1. The molecule has 1 aliphatic rings. The molecule has 2 aromatic rings. The Morgan fingerprint density at radius 1 is 1.23 bits per heavy atom. The van der Waals surface area contributed by atoms with Gasteiger partial charge in [0.15, 0.2) is 0 Å². The lowest BCUT2D eigenvalue weighted by molar-refractivity contribution is -0.384. The molecule has 1 unspecified atom stereocenters. The number of benzene rings is 2. The smallest absolute Gasteiger partial charge is 0.335 e. The Morgan fingerprint density at radius 3 is 2.55 bits per heavy atom. The summed E-state index contributed by atoms with van der Waals surface area (Å²) in [4.78, 5) is 41.0. The van der Waals surface area contributed by atoms with Crippen LogP contribution in [0, 0.1) is 10.1 Å². The van der Waals surface area contributed by atoms with Gasteiger partial charge in [0.05, 0.1) is 23.3 Å². The number of rotatable bonds is 5. The van der Waals surface area contributed by atoms with E-state index in [9.17, 15) is 24.8 Å². The Labute approximate surface area is 177 Å². The molecular weight excluding hydrogens is 404 g/mol. The first kappa shape index (κ1) is 21.5. The molecule has 10 heteroatoms. The fourth-order valence-corrected chi connectivity index (χ4v) is 3.30. The zero-order valence-electron chi connectivity index (χ0n) is 16.8. The molecule has 0 aromatic heterocycles. The van der Waals surface area contributed by atoms with Gasteiger partial charge in [0.1, 0.15) is 6.04 Å². The first-order chi connectivity index (χ1) is 14.8. The number of carboxylic acids is 1. The summed E-state index contributed by atoms with van der Waals surface area (Å²) in [6, 6.07) is 12.7. The van der Waals surface area contributed by atoms with Crippen molar-refractivity contribution < 1.29 is 24.4 Å². The van der Waals surface area contributed by atoms with E-state index in [1.54, 1.807) is 0 Å². The molecule has 3 rings (SSSR count). The number of hydrogen-bond acceptors (Lipinski definition) is 6. The molecule has 2 N–H and O–H groups in total. The lowest BCUT2D eigenvalue weighted by Gasteiger charge is -2.35. The van der Waals surface area contributed by atoms with Crippen LogP contribution < -0.4 is 5.32 Å². The molecule has 160 valence electrons. The molecule has 10 nitrogen and oxygen atoms in total. The number of aliphatic carboxylic acids is 1. The molecule has 0 radical (unpaired) electrons. The zero-order valence-corrected chi connectivity index (χ0v) is 16.8. The van der Waals surface area contributed by atoms with Crippen molar-refractivity contribution in [3.05, 3.63) is 87.1 Å². The van der Waals surface area contributed by atoms with E-state index < -0.39 is 23.0 Å². The lowest BCUT2D eigenvalue weighted by atomic mass is 9.94. The maximum absolute atomic E-state index is 13.1. The predicted octanol–water partition coefficient (Wildman–Crippen LogP) is 3.22. The normalized spacial score (nSPS) is 15.9. The van der Waals surface area contributed by atoms with Crippen molar-refractivity contribution in [1.82, 2.24) is 10.2 Å². The van der Waals surface area contributed by atoms with Gasteiger partial charge in [0, 0.05) is 18.7 Å². The molecule has 0 saturated carbocycles. The van der Waals surface area contributed by atoms with Crippen molar-refractivity contribution in [3.63, 3.8) is 0 Å². The van der Waals surface area contributed by atoms with Crippen molar-refractivity contribution in [2.24, 2.45) is 4.99 Å². The highest BCUT2D eigenvalue weighted by atomic mass is 16.6. The number of methoxy groups -OCH3 is 1. The molecule has 0 saturated heterocycles. The molecule has 1 aliphatic heterocycles. The number of nitrogens with zero attached hydrogens (tertiary/aromatic N) is 3. The van der Waals surface area contributed by atoms with Gasteiger partial charge in [-0.05, 0) is 18.1 Å².